The largest absolute Gasteiger partial charge is 0.484 e. The molecule has 0 saturated carbocycles. The van der Waals surface area contributed by atoms with Crippen LogP contribution in [-0.2, 0) is 9.59 Å². The van der Waals surface area contributed by atoms with Gasteiger partial charge in [0.25, 0.3) is 5.91 Å². The van der Waals surface area contributed by atoms with Gasteiger partial charge in [-0.15, -0.1) is 0 Å². The van der Waals surface area contributed by atoms with Crippen molar-refractivity contribution in [3.63, 3.8) is 0 Å². The average molecular weight is 412 g/mol. The number of nitrogens with one attached hydrogen (secondary N) is 3. The van der Waals surface area contributed by atoms with E-state index in [1.54, 1.807) is 6.08 Å². The van der Waals surface area contributed by atoms with Crippen LogP contribution in [0.2, 0.25) is 0 Å². The van der Waals surface area contributed by atoms with Gasteiger partial charge in [0.1, 0.15) is 5.75 Å². The van der Waals surface area contributed by atoms with Crippen molar-refractivity contribution < 1.29 is 14.3 Å². The zero-order valence-corrected chi connectivity index (χ0v) is 17.3. The van der Waals surface area contributed by atoms with Gasteiger partial charge in [-0.3, -0.25) is 25.8 Å². The van der Waals surface area contributed by atoms with Crippen molar-refractivity contribution in [3.8, 4) is 5.75 Å². The Labute approximate surface area is 176 Å². The van der Waals surface area contributed by atoms with E-state index in [1.165, 1.54) is 11.6 Å². The minimum Gasteiger partial charge on any atom is -0.484 e. The molecular formula is C22H25N3O3S. The molecule has 0 aromatic heterocycles. The van der Waals surface area contributed by atoms with E-state index >= 15 is 0 Å². The molecular weight excluding hydrogens is 386 g/mol. The Bertz CT molecular complexity index is 851. The van der Waals surface area contributed by atoms with Gasteiger partial charge in [-0.1, -0.05) is 56.3 Å². The normalized spacial score (nSPS) is 11.5. The summed E-state index contributed by atoms with van der Waals surface area (Å²) in [5.74, 6) is 0.259. The van der Waals surface area contributed by atoms with Crippen LogP contribution in [0.1, 0.15) is 37.3 Å². The first-order valence-corrected chi connectivity index (χ1v) is 9.74. The fraction of sp³-hybridized carbons (Fsp3) is 0.227. The van der Waals surface area contributed by atoms with Crippen LogP contribution in [0.4, 0.5) is 0 Å². The van der Waals surface area contributed by atoms with Gasteiger partial charge in [-0.25, -0.2) is 0 Å². The number of hydrazine groups is 1. The summed E-state index contributed by atoms with van der Waals surface area (Å²) < 4.78 is 5.44. The number of hydrogen-bond donors (Lipinski definition) is 3. The van der Waals surface area contributed by atoms with Crippen LogP contribution in [0.15, 0.2) is 60.7 Å². The molecule has 7 heteroatoms. The predicted molar refractivity (Wildman–Crippen MR) is 118 cm³/mol. The molecule has 29 heavy (non-hydrogen) atoms. The van der Waals surface area contributed by atoms with Gasteiger partial charge in [0.2, 0.25) is 5.91 Å². The molecule has 152 valence electrons. The topological polar surface area (TPSA) is 79.5 Å². The number of carbonyl (C=O) groups excluding carboxylic acids is 2. The van der Waals surface area contributed by atoms with Crippen LogP contribution >= 0.6 is 12.2 Å². The number of hydrogen-bond acceptors (Lipinski definition) is 4. The molecule has 1 atom stereocenters. The van der Waals surface area contributed by atoms with Gasteiger partial charge in [0.05, 0.1) is 0 Å². The molecule has 0 heterocycles. The summed E-state index contributed by atoms with van der Waals surface area (Å²) in [7, 11) is 0. The Morgan fingerprint density at radius 3 is 2.41 bits per heavy atom. The first kappa shape index (κ1) is 22.1. The van der Waals surface area contributed by atoms with Gasteiger partial charge in [-0.05, 0) is 53.9 Å². The van der Waals surface area contributed by atoms with Crippen LogP contribution < -0.4 is 20.9 Å². The van der Waals surface area contributed by atoms with Gasteiger partial charge >= 0.3 is 0 Å². The molecule has 2 aromatic rings. The Morgan fingerprint density at radius 2 is 1.76 bits per heavy atom. The third-order valence-corrected chi connectivity index (χ3v) is 4.41. The van der Waals surface area contributed by atoms with Crippen molar-refractivity contribution in [3.05, 3.63) is 71.8 Å². The molecule has 0 spiro atoms. The molecule has 0 aliphatic carbocycles. The maximum Gasteiger partial charge on any atom is 0.276 e. The van der Waals surface area contributed by atoms with Crippen LogP contribution in [-0.4, -0.2) is 23.5 Å². The fourth-order valence-corrected chi connectivity index (χ4v) is 2.51. The maximum atomic E-state index is 11.9. The highest BCUT2D eigenvalue weighted by Crippen LogP contribution is 2.21. The second-order valence-corrected chi connectivity index (χ2v) is 6.81. The Balaban J connectivity index is 1.68. The fourth-order valence-electron chi connectivity index (χ4n) is 2.36. The van der Waals surface area contributed by atoms with Crippen LogP contribution in [0, 0.1) is 0 Å². The number of ether oxygens (including phenoxy) is 1. The van der Waals surface area contributed by atoms with Crippen LogP contribution in [0.25, 0.3) is 6.08 Å². The van der Waals surface area contributed by atoms with E-state index in [-0.39, 0.29) is 11.7 Å². The van der Waals surface area contributed by atoms with Crippen molar-refractivity contribution in [1.29, 1.82) is 0 Å². The van der Waals surface area contributed by atoms with Crippen molar-refractivity contribution >= 4 is 35.2 Å². The molecule has 6 nitrogen and oxygen atoms in total. The van der Waals surface area contributed by atoms with Gasteiger partial charge in [0, 0.05) is 6.08 Å². The number of amides is 2. The van der Waals surface area contributed by atoms with Crippen molar-refractivity contribution in [2.75, 3.05) is 6.61 Å². The molecule has 2 rings (SSSR count). The van der Waals surface area contributed by atoms with E-state index in [1.807, 2.05) is 54.6 Å². The van der Waals surface area contributed by atoms with E-state index in [0.29, 0.717) is 11.7 Å². The van der Waals surface area contributed by atoms with Gasteiger partial charge in [-0.2, -0.15) is 0 Å². The van der Waals surface area contributed by atoms with Crippen LogP contribution in [0.5, 0.6) is 5.75 Å². The van der Waals surface area contributed by atoms with E-state index < -0.39 is 11.8 Å². The molecule has 0 aliphatic heterocycles. The van der Waals surface area contributed by atoms with Gasteiger partial charge in [0.15, 0.2) is 11.7 Å². The predicted octanol–water partition coefficient (Wildman–Crippen LogP) is 3.31. The molecule has 0 bridgehead atoms. The summed E-state index contributed by atoms with van der Waals surface area (Å²) in [5, 5.41) is 2.43. The second kappa shape index (κ2) is 11.6. The Hall–Kier alpha value is -3.19. The lowest BCUT2D eigenvalue weighted by atomic mass is 9.99. The van der Waals surface area contributed by atoms with Crippen LogP contribution in [0.3, 0.4) is 0 Å². The summed E-state index contributed by atoms with van der Waals surface area (Å²) in [6.07, 6.45) is 4.08. The van der Waals surface area contributed by atoms with Crippen molar-refractivity contribution in [2.24, 2.45) is 0 Å². The monoisotopic (exact) mass is 411 g/mol. The summed E-state index contributed by atoms with van der Waals surface area (Å²) in [6.45, 7) is 4.12. The highest BCUT2D eigenvalue weighted by Gasteiger charge is 2.06. The molecule has 3 N–H and O–H groups in total. The standard InChI is InChI=1S/C22H25N3O3S/c1-3-16(2)18-10-12-19(13-11-18)28-15-21(27)24-25-22(29)23-20(26)14-9-17-7-5-4-6-8-17/h4-14,16H,3,15H2,1-2H3,(H,24,27)(H2,23,25,26,29)/b14-9+. The first-order valence-electron chi connectivity index (χ1n) is 9.33. The number of rotatable bonds is 7. The van der Waals surface area contributed by atoms with E-state index in [0.717, 1.165) is 12.0 Å². The second-order valence-electron chi connectivity index (χ2n) is 6.40. The number of carbonyl (C=O) groups is 2. The molecule has 0 aliphatic rings. The summed E-state index contributed by atoms with van der Waals surface area (Å²) in [4.78, 5) is 23.7. The minimum atomic E-state index is -0.424. The zero-order chi connectivity index (χ0) is 21.1. The lowest BCUT2D eigenvalue weighted by molar-refractivity contribution is -0.123. The zero-order valence-electron chi connectivity index (χ0n) is 16.5. The summed E-state index contributed by atoms with van der Waals surface area (Å²) in [6, 6.07) is 17.1. The first-order chi connectivity index (χ1) is 14.0. The third-order valence-electron chi connectivity index (χ3n) is 4.21. The molecule has 0 fully saturated rings. The lowest BCUT2D eigenvalue weighted by Crippen LogP contribution is -2.49. The van der Waals surface area contributed by atoms with Crippen molar-refractivity contribution in [1.82, 2.24) is 16.2 Å². The van der Waals surface area contributed by atoms with E-state index in [4.69, 9.17) is 17.0 Å². The maximum absolute atomic E-state index is 11.9. The quantitative estimate of drug-likeness (QED) is 0.370. The van der Waals surface area contributed by atoms with Gasteiger partial charge < -0.3 is 4.74 Å². The summed E-state index contributed by atoms with van der Waals surface area (Å²) >= 11 is 4.97. The number of thiocarbonyl (C=S) groups is 1. The smallest absolute Gasteiger partial charge is 0.276 e. The summed E-state index contributed by atoms with van der Waals surface area (Å²) in [5.41, 5.74) is 6.96. The lowest BCUT2D eigenvalue weighted by Gasteiger charge is -2.12. The third kappa shape index (κ3) is 8.15. The minimum absolute atomic E-state index is 0.0148. The number of benzene rings is 2. The molecule has 1 unspecified atom stereocenters. The molecule has 2 aromatic carbocycles. The average Bonchev–Trinajstić information content (AvgIpc) is 2.75. The Morgan fingerprint density at radius 1 is 1.07 bits per heavy atom. The molecule has 0 saturated heterocycles. The van der Waals surface area contributed by atoms with Crippen molar-refractivity contribution in [2.45, 2.75) is 26.2 Å². The van der Waals surface area contributed by atoms with E-state index in [9.17, 15) is 9.59 Å². The Kier molecular flexibility index (Phi) is 8.85. The molecule has 0 radical (unpaired) electrons. The van der Waals surface area contributed by atoms with E-state index in [2.05, 4.69) is 30.0 Å². The highest BCUT2D eigenvalue weighted by molar-refractivity contribution is 7.80. The highest BCUT2D eigenvalue weighted by atomic mass is 32.1. The molecule has 2 amide bonds. The SMILES string of the molecule is CCC(C)c1ccc(OCC(=O)NNC(=S)NC(=O)/C=C/c2ccccc2)cc1.